The molecular weight excluding hydrogens is 472 g/mol. The van der Waals surface area contributed by atoms with Gasteiger partial charge in [0.15, 0.2) is 0 Å². The zero-order chi connectivity index (χ0) is 24.5. The molecule has 1 unspecified atom stereocenters. The van der Waals surface area contributed by atoms with Gasteiger partial charge in [-0.15, -0.1) is 6.58 Å². The average Bonchev–Trinajstić information content (AvgIpc) is 3.17. The summed E-state index contributed by atoms with van der Waals surface area (Å²) >= 11 is 6.18. The second-order valence-electron chi connectivity index (χ2n) is 7.93. The summed E-state index contributed by atoms with van der Waals surface area (Å²) in [4.78, 5) is 11.2. The van der Waals surface area contributed by atoms with E-state index in [-0.39, 0.29) is 12.0 Å². The van der Waals surface area contributed by atoms with Gasteiger partial charge in [-0.25, -0.2) is 17.2 Å². The number of benzene rings is 3. The fraction of sp³-hybridized carbons (Fsp3) is 0.115. The van der Waals surface area contributed by atoms with Gasteiger partial charge in [0, 0.05) is 29.1 Å². The van der Waals surface area contributed by atoms with Gasteiger partial charge in [-0.2, -0.15) is 0 Å². The van der Waals surface area contributed by atoms with E-state index in [1.807, 2.05) is 6.07 Å². The van der Waals surface area contributed by atoms with Crippen molar-refractivity contribution in [1.82, 2.24) is 3.97 Å². The maximum Gasteiger partial charge on any atom is 0.335 e. The van der Waals surface area contributed by atoms with Crippen molar-refractivity contribution in [2.24, 2.45) is 5.73 Å². The number of aromatic carboxylic acids is 1. The number of carboxylic acids is 1. The lowest BCUT2D eigenvalue weighted by atomic mass is 10.1. The van der Waals surface area contributed by atoms with Gasteiger partial charge in [-0.05, 0) is 53.1 Å². The van der Waals surface area contributed by atoms with E-state index in [1.54, 1.807) is 54.6 Å². The first-order chi connectivity index (χ1) is 16.2. The van der Waals surface area contributed by atoms with Gasteiger partial charge in [0.05, 0.1) is 11.1 Å². The molecule has 1 atom stereocenters. The van der Waals surface area contributed by atoms with Gasteiger partial charge < -0.3 is 10.8 Å². The van der Waals surface area contributed by atoms with Gasteiger partial charge in [0.1, 0.15) is 5.25 Å². The highest BCUT2D eigenvalue weighted by Gasteiger charge is 2.30. The molecule has 0 saturated heterocycles. The van der Waals surface area contributed by atoms with Crippen molar-refractivity contribution in [3.05, 3.63) is 118 Å². The SMILES string of the molecule is C=CC(c1cccc(CN)c1)S(=O)(=O)n1c(Cc2ccc(C(=O)O)cc2)cc2cc(Cl)ccc21. The number of hydrogen-bond acceptors (Lipinski definition) is 4. The van der Waals surface area contributed by atoms with Gasteiger partial charge in [-0.1, -0.05) is 54.1 Å². The van der Waals surface area contributed by atoms with Crippen LogP contribution in [0.5, 0.6) is 0 Å². The van der Waals surface area contributed by atoms with Crippen LogP contribution in [0.25, 0.3) is 10.9 Å². The smallest absolute Gasteiger partial charge is 0.335 e. The number of carbonyl (C=O) groups is 1. The van der Waals surface area contributed by atoms with Crippen LogP contribution in [0, 0.1) is 0 Å². The van der Waals surface area contributed by atoms with Crippen molar-refractivity contribution >= 4 is 38.5 Å². The predicted octanol–water partition coefficient (Wildman–Crippen LogP) is 5.15. The van der Waals surface area contributed by atoms with E-state index in [4.69, 9.17) is 22.4 Å². The quantitative estimate of drug-likeness (QED) is 0.330. The van der Waals surface area contributed by atoms with Crippen molar-refractivity contribution < 1.29 is 18.3 Å². The molecule has 3 aromatic carbocycles. The predicted molar refractivity (Wildman–Crippen MR) is 135 cm³/mol. The van der Waals surface area contributed by atoms with E-state index in [9.17, 15) is 13.2 Å². The molecule has 174 valence electrons. The Kier molecular flexibility index (Phi) is 6.61. The lowest BCUT2D eigenvalue weighted by molar-refractivity contribution is 0.0697. The Hall–Kier alpha value is -3.39. The second-order valence-corrected chi connectivity index (χ2v) is 10.3. The number of rotatable bonds is 8. The third-order valence-electron chi connectivity index (χ3n) is 5.68. The molecule has 4 aromatic rings. The van der Waals surface area contributed by atoms with E-state index in [0.29, 0.717) is 33.7 Å². The third kappa shape index (κ3) is 4.50. The van der Waals surface area contributed by atoms with E-state index in [1.165, 1.54) is 22.2 Å². The zero-order valence-corrected chi connectivity index (χ0v) is 19.8. The highest BCUT2D eigenvalue weighted by atomic mass is 35.5. The molecule has 0 amide bonds. The highest BCUT2D eigenvalue weighted by molar-refractivity contribution is 7.90. The summed E-state index contributed by atoms with van der Waals surface area (Å²) in [5, 5.41) is 9.34. The molecule has 1 heterocycles. The Morgan fingerprint density at radius 2 is 1.79 bits per heavy atom. The topological polar surface area (TPSA) is 102 Å². The summed E-state index contributed by atoms with van der Waals surface area (Å²) in [6.07, 6.45) is 1.69. The maximum absolute atomic E-state index is 14.0. The van der Waals surface area contributed by atoms with E-state index < -0.39 is 21.2 Å². The van der Waals surface area contributed by atoms with Crippen LogP contribution in [0.1, 0.15) is 38.0 Å². The lowest BCUT2D eigenvalue weighted by Gasteiger charge is -2.19. The Morgan fingerprint density at radius 1 is 1.06 bits per heavy atom. The minimum absolute atomic E-state index is 0.162. The van der Waals surface area contributed by atoms with Gasteiger partial charge in [0.2, 0.25) is 10.0 Å². The second kappa shape index (κ2) is 9.46. The molecule has 8 heteroatoms. The molecule has 1 aromatic heterocycles. The molecule has 6 nitrogen and oxygen atoms in total. The van der Waals surface area contributed by atoms with Gasteiger partial charge in [-0.3, -0.25) is 0 Å². The van der Waals surface area contributed by atoms with Crippen LogP contribution in [-0.2, 0) is 23.0 Å². The molecule has 0 aliphatic heterocycles. The minimum atomic E-state index is -3.98. The molecule has 4 rings (SSSR count). The molecule has 0 fully saturated rings. The Labute approximate surface area is 203 Å². The van der Waals surface area contributed by atoms with E-state index in [2.05, 4.69) is 6.58 Å². The molecular formula is C26H23ClN2O4S. The molecule has 0 aliphatic rings. The number of hydrogen-bond donors (Lipinski definition) is 2. The van der Waals surface area contributed by atoms with Crippen molar-refractivity contribution in [3.8, 4) is 0 Å². The number of aromatic nitrogens is 1. The summed E-state index contributed by atoms with van der Waals surface area (Å²) in [5.74, 6) is -1.02. The van der Waals surface area contributed by atoms with Crippen molar-refractivity contribution in [2.45, 2.75) is 18.2 Å². The normalized spacial score (nSPS) is 12.5. The first-order valence-electron chi connectivity index (χ1n) is 10.5. The third-order valence-corrected chi connectivity index (χ3v) is 7.96. The summed E-state index contributed by atoms with van der Waals surface area (Å²) in [7, 11) is -3.98. The molecule has 0 radical (unpaired) electrons. The highest BCUT2D eigenvalue weighted by Crippen LogP contribution is 2.33. The first kappa shape index (κ1) is 23.8. The standard InChI is InChI=1S/C26H23ClN2O4S/c1-2-25(20-5-3-4-18(12-20)16-28)34(32,33)29-23(15-21-14-22(27)10-11-24(21)29)13-17-6-8-19(9-7-17)26(30)31/h2-12,14-15,25H,1,13,16,28H2,(H,30,31). The molecule has 34 heavy (non-hydrogen) atoms. The van der Waals surface area contributed by atoms with E-state index >= 15 is 0 Å². The number of fused-ring (bicyclic) bond motifs is 1. The van der Waals surface area contributed by atoms with E-state index in [0.717, 1.165) is 11.1 Å². The summed E-state index contributed by atoms with van der Waals surface area (Å²) in [6, 6.07) is 20.4. The van der Waals surface area contributed by atoms with Crippen LogP contribution < -0.4 is 5.73 Å². The van der Waals surface area contributed by atoms with Crippen molar-refractivity contribution in [3.63, 3.8) is 0 Å². The van der Waals surface area contributed by atoms with Crippen molar-refractivity contribution in [1.29, 1.82) is 0 Å². The number of carboxylic acid groups (broad SMARTS) is 1. The maximum atomic E-state index is 14.0. The number of halogens is 1. The van der Waals surface area contributed by atoms with Crippen LogP contribution >= 0.6 is 11.6 Å². The summed E-state index contributed by atoms with van der Waals surface area (Å²) in [5.41, 5.74) is 9.13. The number of nitrogens with zero attached hydrogens (tertiary/aromatic N) is 1. The summed E-state index contributed by atoms with van der Waals surface area (Å²) in [6.45, 7) is 4.09. The van der Waals surface area contributed by atoms with Crippen LogP contribution in [0.4, 0.5) is 0 Å². The van der Waals surface area contributed by atoms with Crippen LogP contribution in [0.2, 0.25) is 5.02 Å². The zero-order valence-electron chi connectivity index (χ0n) is 18.2. The van der Waals surface area contributed by atoms with Gasteiger partial charge >= 0.3 is 5.97 Å². The Balaban J connectivity index is 1.87. The minimum Gasteiger partial charge on any atom is -0.478 e. The van der Waals surface area contributed by atoms with Crippen LogP contribution in [-0.4, -0.2) is 23.5 Å². The molecule has 3 N–H and O–H groups in total. The van der Waals surface area contributed by atoms with Gasteiger partial charge in [0.25, 0.3) is 0 Å². The molecule has 0 bridgehead atoms. The Morgan fingerprint density at radius 3 is 2.44 bits per heavy atom. The largest absolute Gasteiger partial charge is 0.478 e. The number of nitrogens with two attached hydrogens (primary N) is 1. The fourth-order valence-electron chi connectivity index (χ4n) is 4.06. The summed E-state index contributed by atoms with van der Waals surface area (Å²) < 4.78 is 29.4. The lowest BCUT2D eigenvalue weighted by Crippen LogP contribution is -2.22. The molecule has 0 saturated carbocycles. The Bertz CT molecular complexity index is 1490. The monoisotopic (exact) mass is 494 g/mol. The van der Waals surface area contributed by atoms with Crippen LogP contribution in [0.15, 0.2) is 85.5 Å². The average molecular weight is 495 g/mol. The molecule has 0 aliphatic carbocycles. The fourth-order valence-corrected chi connectivity index (χ4v) is 6.08. The van der Waals surface area contributed by atoms with Crippen molar-refractivity contribution in [2.75, 3.05) is 0 Å². The molecule has 0 spiro atoms. The first-order valence-corrected chi connectivity index (χ1v) is 12.4. The van der Waals surface area contributed by atoms with Crippen LogP contribution in [0.3, 0.4) is 0 Å².